The molecule has 2 atom stereocenters. The summed E-state index contributed by atoms with van der Waals surface area (Å²) in [6, 6.07) is 7.36. The molecule has 1 aromatic heterocycles. The minimum Gasteiger partial charge on any atom is -0.466 e. The van der Waals surface area contributed by atoms with E-state index < -0.39 is 6.04 Å². The zero-order valence-corrected chi connectivity index (χ0v) is 15.8. The summed E-state index contributed by atoms with van der Waals surface area (Å²) in [5.74, 6) is -0.553. The fourth-order valence-electron chi connectivity index (χ4n) is 3.49. The van der Waals surface area contributed by atoms with Gasteiger partial charge in [-0.3, -0.25) is 9.59 Å². The van der Waals surface area contributed by atoms with Crippen LogP contribution in [0.3, 0.4) is 0 Å². The predicted molar refractivity (Wildman–Crippen MR) is 103 cm³/mol. The molecule has 6 nitrogen and oxygen atoms in total. The molecule has 3 rings (SSSR count). The lowest BCUT2D eigenvalue weighted by atomic mass is 9.96. The number of rotatable bonds is 5. The van der Waals surface area contributed by atoms with Crippen LogP contribution in [-0.2, 0) is 20.7 Å². The first-order valence-electron chi connectivity index (χ1n) is 8.86. The highest BCUT2D eigenvalue weighted by atomic mass is 35.5. The first-order chi connectivity index (χ1) is 12.1. The van der Waals surface area contributed by atoms with Crippen molar-refractivity contribution in [3.05, 3.63) is 36.0 Å². The molecule has 1 aliphatic rings. The van der Waals surface area contributed by atoms with Gasteiger partial charge in [-0.1, -0.05) is 18.2 Å². The van der Waals surface area contributed by atoms with E-state index in [0.717, 1.165) is 29.3 Å². The first-order valence-corrected chi connectivity index (χ1v) is 8.86. The Hall–Kier alpha value is -2.05. The number of nitrogens with two attached hydrogens (primary N) is 1. The Kier molecular flexibility index (Phi) is 7.06. The van der Waals surface area contributed by atoms with Gasteiger partial charge in [0.05, 0.1) is 18.6 Å². The van der Waals surface area contributed by atoms with Crippen molar-refractivity contribution < 1.29 is 14.3 Å². The number of halogens is 1. The fourth-order valence-corrected chi connectivity index (χ4v) is 3.49. The largest absolute Gasteiger partial charge is 0.466 e. The second-order valence-electron chi connectivity index (χ2n) is 6.55. The predicted octanol–water partition coefficient (Wildman–Crippen LogP) is 2.26. The molecule has 0 radical (unpaired) electrons. The number of carbonyl (C=O) groups is 2. The third kappa shape index (κ3) is 4.37. The molecule has 26 heavy (non-hydrogen) atoms. The minimum absolute atomic E-state index is 0. The molecule has 0 aliphatic carbocycles. The minimum atomic E-state index is -0.611. The number of carbonyl (C=O) groups excluding carboxylic acids is 2. The maximum Gasteiger partial charge on any atom is 0.310 e. The molecule has 0 bridgehead atoms. The van der Waals surface area contributed by atoms with Crippen LogP contribution in [0.4, 0.5) is 0 Å². The third-order valence-corrected chi connectivity index (χ3v) is 4.78. The summed E-state index contributed by atoms with van der Waals surface area (Å²) >= 11 is 0. The number of likely N-dealkylation sites (tertiary alicyclic amines) is 1. The van der Waals surface area contributed by atoms with Crippen LogP contribution in [0.1, 0.15) is 25.3 Å². The summed E-state index contributed by atoms with van der Waals surface area (Å²) in [4.78, 5) is 29.6. The second kappa shape index (κ2) is 9.05. The van der Waals surface area contributed by atoms with E-state index in [1.807, 2.05) is 30.5 Å². The topological polar surface area (TPSA) is 88.4 Å². The number of hydrogen-bond donors (Lipinski definition) is 2. The van der Waals surface area contributed by atoms with E-state index in [-0.39, 0.29) is 30.2 Å². The second-order valence-corrected chi connectivity index (χ2v) is 6.55. The van der Waals surface area contributed by atoms with Gasteiger partial charge in [0.15, 0.2) is 0 Å². The standard InChI is InChI=1S/C19H25N3O3.ClH/c1-2-25-19(24)13-6-5-9-22(12-13)18(23)16(20)10-14-11-21-17-8-4-3-7-15(14)17;/h3-4,7-8,11,13,16,21H,2,5-6,9-10,12,20H2,1H3;1H/t13?,16-;/m0./s1. The summed E-state index contributed by atoms with van der Waals surface area (Å²) in [6.07, 6.45) is 3.95. The van der Waals surface area contributed by atoms with E-state index in [2.05, 4.69) is 4.98 Å². The number of aromatic amines is 1. The highest BCUT2D eigenvalue weighted by Crippen LogP contribution is 2.21. The number of aromatic nitrogens is 1. The van der Waals surface area contributed by atoms with Crippen molar-refractivity contribution in [2.45, 2.75) is 32.2 Å². The zero-order chi connectivity index (χ0) is 17.8. The van der Waals surface area contributed by atoms with Crippen LogP contribution in [0.5, 0.6) is 0 Å². The summed E-state index contributed by atoms with van der Waals surface area (Å²) in [6.45, 7) is 3.21. The molecule has 1 aromatic carbocycles. The molecule has 142 valence electrons. The van der Waals surface area contributed by atoms with E-state index in [1.165, 1.54) is 0 Å². The third-order valence-electron chi connectivity index (χ3n) is 4.78. The number of amides is 1. The van der Waals surface area contributed by atoms with E-state index in [1.54, 1.807) is 11.8 Å². The van der Waals surface area contributed by atoms with Gasteiger partial charge in [0.25, 0.3) is 0 Å². The van der Waals surface area contributed by atoms with Gasteiger partial charge >= 0.3 is 5.97 Å². The van der Waals surface area contributed by atoms with E-state index in [0.29, 0.717) is 26.1 Å². The summed E-state index contributed by atoms with van der Waals surface area (Å²) in [5.41, 5.74) is 8.27. The number of esters is 1. The van der Waals surface area contributed by atoms with Crippen LogP contribution in [0.2, 0.25) is 0 Å². The highest BCUT2D eigenvalue weighted by Gasteiger charge is 2.31. The molecule has 0 saturated carbocycles. The van der Waals surface area contributed by atoms with Crippen molar-refractivity contribution in [2.24, 2.45) is 11.7 Å². The Bertz CT molecular complexity index is 761. The maximum absolute atomic E-state index is 12.7. The number of nitrogens with one attached hydrogen (secondary N) is 1. The summed E-state index contributed by atoms with van der Waals surface area (Å²) in [7, 11) is 0. The summed E-state index contributed by atoms with van der Waals surface area (Å²) < 4.78 is 5.09. The van der Waals surface area contributed by atoms with Gasteiger partial charge in [0.2, 0.25) is 5.91 Å². The number of fused-ring (bicyclic) bond motifs is 1. The van der Waals surface area contributed by atoms with E-state index in [9.17, 15) is 9.59 Å². The molecular formula is C19H26ClN3O3. The molecule has 3 N–H and O–H groups in total. The SMILES string of the molecule is CCOC(=O)C1CCCN(C(=O)[C@@H](N)Cc2c[nH]c3ccccc23)C1.Cl. The quantitative estimate of drug-likeness (QED) is 0.780. The lowest BCUT2D eigenvalue weighted by Gasteiger charge is -2.33. The van der Waals surface area contributed by atoms with Crippen LogP contribution in [-0.4, -0.2) is 47.5 Å². The van der Waals surface area contributed by atoms with E-state index >= 15 is 0 Å². The van der Waals surface area contributed by atoms with Crippen molar-refractivity contribution in [3.8, 4) is 0 Å². The highest BCUT2D eigenvalue weighted by molar-refractivity contribution is 5.86. The Morgan fingerprint density at radius 2 is 2.15 bits per heavy atom. The Labute approximate surface area is 159 Å². The first kappa shape index (κ1) is 20.3. The Morgan fingerprint density at radius 1 is 1.38 bits per heavy atom. The van der Waals surface area contributed by atoms with Gasteiger partial charge in [-0.2, -0.15) is 0 Å². The number of ether oxygens (including phenoxy) is 1. The van der Waals surface area contributed by atoms with Gasteiger partial charge in [0, 0.05) is 30.2 Å². The molecular weight excluding hydrogens is 354 g/mol. The van der Waals surface area contributed by atoms with Crippen LogP contribution >= 0.6 is 12.4 Å². The molecule has 2 aromatic rings. The summed E-state index contributed by atoms with van der Waals surface area (Å²) in [5, 5.41) is 1.09. The lowest BCUT2D eigenvalue weighted by Crippen LogP contribution is -2.50. The monoisotopic (exact) mass is 379 g/mol. The number of hydrogen-bond acceptors (Lipinski definition) is 4. The Morgan fingerprint density at radius 3 is 2.92 bits per heavy atom. The molecule has 1 amide bonds. The molecule has 2 heterocycles. The average Bonchev–Trinajstić information content (AvgIpc) is 3.04. The van der Waals surface area contributed by atoms with Crippen molar-refractivity contribution >= 4 is 35.2 Å². The molecule has 1 fully saturated rings. The maximum atomic E-state index is 12.7. The molecule has 0 spiro atoms. The smallest absolute Gasteiger partial charge is 0.310 e. The Balaban J connectivity index is 0.00000243. The average molecular weight is 380 g/mol. The van der Waals surface area contributed by atoms with Crippen molar-refractivity contribution in [1.82, 2.24) is 9.88 Å². The van der Waals surface area contributed by atoms with Crippen LogP contribution < -0.4 is 5.73 Å². The number of piperidine rings is 1. The van der Waals surface area contributed by atoms with E-state index in [4.69, 9.17) is 10.5 Å². The van der Waals surface area contributed by atoms with Crippen molar-refractivity contribution in [3.63, 3.8) is 0 Å². The van der Waals surface area contributed by atoms with Gasteiger partial charge in [0.1, 0.15) is 0 Å². The number of para-hydroxylation sites is 1. The molecule has 1 aliphatic heterocycles. The zero-order valence-electron chi connectivity index (χ0n) is 14.9. The molecule has 1 saturated heterocycles. The lowest BCUT2D eigenvalue weighted by molar-refractivity contribution is -0.151. The van der Waals surface area contributed by atoms with Crippen LogP contribution in [0.25, 0.3) is 10.9 Å². The number of benzene rings is 1. The van der Waals surface area contributed by atoms with Crippen molar-refractivity contribution in [1.29, 1.82) is 0 Å². The fraction of sp³-hybridized carbons (Fsp3) is 0.474. The van der Waals surface area contributed by atoms with Crippen molar-refractivity contribution in [2.75, 3.05) is 19.7 Å². The molecule has 1 unspecified atom stereocenters. The van der Waals surface area contributed by atoms with Gasteiger partial charge < -0.3 is 20.4 Å². The van der Waals surface area contributed by atoms with Gasteiger partial charge in [-0.15, -0.1) is 12.4 Å². The van der Waals surface area contributed by atoms with Crippen LogP contribution in [0, 0.1) is 5.92 Å². The van der Waals surface area contributed by atoms with Gasteiger partial charge in [-0.25, -0.2) is 0 Å². The van der Waals surface area contributed by atoms with Crippen LogP contribution in [0.15, 0.2) is 30.5 Å². The number of nitrogens with zero attached hydrogens (tertiary/aromatic N) is 1. The van der Waals surface area contributed by atoms with Gasteiger partial charge in [-0.05, 0) is 37.8 Å². The number of H-pyrrole nitrogens is 1. The normalized spacial score (nSPS) is 18.2. The molecule has 7 heteroatoms.